The second-order valence-corrected chi connectivity index (χ2v) is 5.51. The van der Waals surface area contributed by atoms with Gasteiger partial charge < -0.3 is 10.0 Å². The summed E-state index contributed by atoms with van der Waals surface area (Å²) in [5, 5.41) is 11.4. The molecular weight excluding hydrogens is 298 g/mol. The predicted molar refractivity (Wildman–Crippen MR) is 80.2 cm³/mol. The molecule has 6 heteroatoms. The van der Waals surface area contributed by atoms with Gasteiger partial charge in [-0.15, -0.1) is 11.3 Å². The van der Waals surface area contributed by atoms with Crippen molar-refractivity contribution >= 4 is 40.5 Å². The van der Waals surface area contributed by atoms with E-state index in [4.69, 9.17) is 16.7 Å². The predicted octanol–water partition coefficient (Wildman–Crippen LogP) is 3.68. The lowest BCUT2D eigenvalue weighted by Gasteiger charge is -2.18. The van der Waals surface area contributed by atoms with Gasteiger partial charge >= 0.3 is 5.97 Å². The number of para-hydroxylation sites is 1. The molecule has 0 bridgehead atoms. The zero-order chi connectivity index (χ0) is 14.9. The van der Waals surface area contributed by atoms with E-state index in [2.05, 4.69) is 0 Å². The number of nitrogens with zero attached hydrogens (tertiary/aromatic N) is 1. The molecule has 0 spiro atoms. The first-order valence-corrected chi connectivity index (χ1v) is 7.03. The molecule has 20 heavy (non-hydrogen) atoms. The Balaban J connectivity index is 2.42. The van der Waals surface area contributed by atoms with Crippen LogP contribution in [-0.4, -0.2) is 24.0 Å². The minimum atomic E-state index is -1.08. The molecule has 1 heterocycles. The van der Waals surface area contributed by atoms with E-state index >= 15 is 0 Å². The van der Waals surface area contributed by atoms with Gasteiger partial charge in [-0.05, 0) is 30.0 Å². The van der Waals surface area contributed by atoms with Crippen LogP contribution in [-0.2, 0) is 0 Å². The summed E-state index contributed by atoms with van der Waals surface area (Å²) in [6.45, 7) is 1.82. The maximum absolute atomic E-state index is 12.4. The number of halogens is 1. The van der Waals surface area contributed by atoms with Crippen molar-refractivity contribution in [3.8, 4) is 0 Å². The summed E-state index contributed by atoms with van der Waals surface area (Å²) in [6.07, 6.45) is 0. The van der Waals surface area contributed by atoms with Crippen molar-refractivity contribution in [3.63, 3.8) is 0 Å². The number of amides is 1. The number of hydrogen-bond acceptors (Lipinski definition) is 3. The van der Waals surface area contributed by atoms with Crippen molar-refractivity contribution in [3.05, 3.63) is 50.7 Å². The molecule has 1 aromatic carbocycles. The summed E-state index contributed by atoms with van der Waals surface area (Å²) >= 11 is 7.34. The fourth-order valence-electron chi connectivity index (χ4n) is 1.78. The SMILES string of the molecule is Cc1csc(C(=O)N(C)c2ccccc2C(=O)O)c1Cl. The number of aromatic carboxylic acids is 1. The van der Waals surface area contributed by atoms with Gasteiger partial charge in [0.25, 0.3) is 5.91 Å². The Kier molecular flexibility index (Phi) is 4.11. The van der Waals surface area contributed by atoms with E-state index in [0.717, 1.165) is 5.56 Å². The number of benzene rings is 1. The van der Waals surface area contributed by atoms with Gasteiger partial charge in [0.2, 0.25) is 0 Å². The average molecular weight is 310 g/mol. The zero-order valence-corrected chi connectivity index (χ0v) is 12.5. The first-order chi connectivity index (χ1) is 9.43. The van der Waals surface area contributed by atoms with Crippen molar-refractivity contribution in [1.82, 2.24) is 0 Å². The minimum Gasteiger partial charge on any atom is -0.478 e. The third-order valence-electron chi connectivity index (χ3n) is 2.89. The Hall–Kier alpha value is -1.85. The van der Waals surface area contributed by atoms with Crippen LogP contribution in [0.1, 0.15) is 25.6 Å². The number of carboxylic acid groups (broad SMARTS) is 1. The first kappa shape index (κ1) is 14.6. The Bertz CT molecular complexity index is 681. The van der Waals surface area contributed by atoms with E-state index in [9.17, 15) is 9.59 Å². The number of hydrogen-bond donors (Lipinski definition) is 1. The summed E-state index contributed by atoms with van der Waals surface area (Å²) in [5.74, 6) is -1.39. The molecule has 0 unspecified atom stereocenters. The molecule has 0 aliphatic rings. The Morgan fingerprint density at radius 1 is 1.30 bits per heavy atom. The van der Waals surface area contributed by atoms with Gasteiger partial charge in [-0.25, -0.2) is 4.79 Å². The molecule has 1 amide bonds. The van der Waals surface area contributed by atoms with Gasteiger partial charge in [-0.3, -0.25) is 4.79 Å². The molecule has 1 N–H and O–H groups in total. The first-order valence-electron chi connectivity index (χ1n) is 5.77. The lowest BCUT2D eigenvalue weighted by molar-refractivity contribution is 0.0697. The van der Waals surface area contributed by atoms with Crippen LogP contribution in [0, 0.1) is 6.92 Å². The molecule has 0 aliphatic carbocycles. The van der Waals surface area contributed by atoms with Gasteiger partial charge in [0.05, 0.1) is 16.3 Å². The van der Waals surface area contributed by atoms with Gasteiger partial charge in [0.15, 0.2) is 0 Å². The van der Waals surface area contributed by atoms with Gasteiger partial charge in [0, 0.05) is 7.05 Å². The molecular formula is C14H12ClNO3S. The largest absolute Gasteiger partial charge is 0.478 e. The highest BCUT2D eigenvalue weighted by Crippen LogP contribution is 2.30. The van der Waals surface area contributed by atoms with E-state index in [1.54, 1.807) is 23.6 Å². The summed E-state index contributed by atoms with van der Waals surface area (Å²) in [6, 6.07) is 6.36. The van der Waals surface area contributed by atoms with Crippen LogP contribution in [0.25, 0.3) is 0 Å². The fraction of sp³-hybridized carbons (Fsp3) is 0.143. The Morgan fingerprint density at radius 3 is 2.50 bits per heavy atom. The average Bonchev–Trinajstić information content (AvgIpc) is 2.77. The standard InChI is InChI=1S/C14H12ClNO3S/c1-8-7-20-12(11(8)15)13(17)16(2)10-6-4-3-5-9(10)14(18)19/h3-7H,1-2H3,(H,18,19). The maximum atomic E-state index is 12.4. The lowest BCUT2D eigenvalue weighted by Crippen LogP contribution is -2.27. The van der Waals surface area contributed by atoms with Gasteiger partial charge in [-0.1, -0.05) is 23.7 Å². The number of carbonyl (C=O) groups is 2. The highest BCUT2D eigenvalue weighted by Gasteiger charge is 2.22. The number of rotatable bonds is 3. The summed E-state index contributed by atoms with van der Waals surface area (Å²) in [7, 11) is 1.54. The van der Waals surface area contributed by atoms with Crippen LogP contribution in [0.3, 0.4) is 0 Å². The Labute approximate surface area is 125 Å². The van der Waals surface area contributed by atoms with Crippen LogP contribution in [0.15, 0.2) is 29.6 Å². The van der Waals surface area contributed by atoms with Crippen molar-refractivity contribution < 1.29 is 14.7 Å². The van der Waals surface area contributed by atoms with Crippen molar-refractivity contribution in [1.29, 1.82) is 0 Å². The number of carbonyl (C=O) groups excluding carboxylic acids is 1. The van der Waals surface area contributed by atoms with Crippen molar-refractivity contribution in [2.75, 3.05) is 11.9 Å². The molecule has 0 fully saturated rings. The van der Waals surface area contributed by atoms with Crippen LogP contribution in [0.5, 0.6) is 0 Å². The third kappa shape index (κ3) is 2.55. The smallest absolute Gasteiger partial charge is 0.337 e. The molecule has 0 atom stereocenters. The molecule has 1 aromatic heterocycles. The number of thiophene rings is 1. The Morgan fingerprint density at radius 2 is 1.95 bits per heavy atom. The number of aryl methyl sites for hydroxylation is 1. The van der Waals surface area contributed by atoms with Crippen LogP contribution in [0.4, 0.5) is 5.69 Å². The van der Waals surface area contributed by atoms with Crippen LogP contribution < -0.4 is 4.90 Å². The quantitative estimate of drug-likeness (QED) is 0.940. The molecule has 104 valence electrons. The fourth-order valence-corrected chi connectivity index (χ4v) is 3.03. The second-order valence-electron chi connectivity index (χ2n) is 4.25. The van der Waals surface area contributed by atoms with E-state index in [1.807, 2.05) is 6.92 Å². The summed E-state index contributed by atoms with van der Waals surface area (Å²) in [4.78, 5) is 25.3. The van der Waals surface area contributed by atoms with Crippen molar-refractivity contribution in [2.45, 2.75) is 6.92 Å². The highest BCUT2D eigenvalue weighted by atomic mass is 35.5. The van der Waals surface area contributed by atoms with E-state index in [-0.39, 0.29) is 11.5 Å². The topological polar surface area (TPSA) is 57.6 Å². The normalized spacial score (nSPS) is 10.3. The van der Waals surface area contributed by atoms with Gasteiger partial charge in [-0.2, -0.15) is 0 Å². The summed E-state index contributed by atoms with van der Waals surface area (Å²) < 4.78 is 0. The van der Waals surface area contributed by atoms with E-state index in [0.29, 0.717) is 15.6 Å². The van der Waals surface area contributed by atoms with Gasteiger partial charge in [0.1, 0.15) is 4.88 Å². The molecule has 0 radical (unpaired) electrons. The van der Waals surface area contributed by atoms with E-state index in [1.165, 1.54) is 29.4 Å². The molecule has 2 aromatic rings. The lowest BCUT2D eigenvalue weighted by atomic mass is 10.1. The van der Waals surface area contributed by atoms with E-state index < -0.39 is 5.97 Å². The molecule has 2 rings (SSSR count). The monoisotopic (exact) mass is 309 g/mol. The molecule has 0 aliphatic heterocycles. The van der Waals surface area contributed by atoms with Crippen LogP contribution >= 0.6 is 22.9 Å². The number of anilines is 1. The maximum Gasteiger partial charge on any atom is 0.337 e. The zero-order valence-electron chi connectivity index (χ0n) is 10.9. The second kappa shape index (κ2) is 5.64. The highest BCUT2D eigenvalue weighted by molar-refractivity contribution is 7.13. The molecule has 0 saturated carbocycles. The third-order valence-corrected chi connectivity index (χ3v) is 4.58. The summed E-state index contributed by atoms with van der Waals surface area (Å²) in [5.41, 5.74) is 1.25. The molecule has 0 saturated heterocycles. The molecule has 4 nitrogen and oxygen atoms in total. The van der Waals surface area contributed by atoms with Crippen molar-refractivity contribution in [2.24, 2.45) is 0 Å². The minimum absolute atomic E-state index is 0.0766. The number of carboxylic acids is 1. The van der Waals surface area contributed by atoms with Crippen LogP contribution in [0.2, 0.25) is 5.02 Å².